The monoisotopic (exact) mass is 507 g/mol. The van der Waals surface area contributed by atoms with E-state index in [1.54, 1.807) is 19.2 Å². The Morgan fingerprint density at radius 2 is 1.68 bits per heavy atom. The van der Waals surface area contributed by atoms with E-state index in [9.17, 15) is 4.39 Å². The van der Waals surface area contributed by atoms with Gasteiger partial charge in [0.1, 0.15) is 12.4 Å². The molecule has 6 heteroatoms. The Kier molecular flexibility index (Phi) is 10.3. The van der Waals surface area contributed by atoms with Gasteiger partial charge in [-0.1, -0.05) is 42.5 Å². The molecule has 166 valence electrons. The van der Waals surface area contributed by atoms with Crippen LogP contribution in [0.2, 0.25) is 0 Å². The summed E-state index contributed by atoms with van der Waals surface area (Å²) in [5.41, 5.74) is 3.36. The van der Waals surface area contributed by atoms with Crippen molar-refractivity contribution in [2.45, 2.75) is 39.0 Å². The highest BCUT2D eigenvalue weighted by Crippen LogP contribution is 2.37. The zero-order chi connectivity index (χ0) is 21.3. The van der Waals surface area contributed by atoms with E-state index in [0.717, 1.165) is 35.0 Å². The second kappa shape index (κ2) is 12.7. The molecule has 3 aromatic rings. The summed E-state index contributed by atoms with van der Waals surface area (Å²) < 4.78 is 25.4. The number of ether oxygens (including phenoxy) is 2. The average molecular weight is 509 g/mol. The Labute approximate surface area is 198 Å². The SMILES string of the molecule is COc1cc(CNC(C)CCc2ccccc2)cc(Br)c1OCc1ccc(F)cc1.Cl. The minimum Gasteiger partial charge on any atom is -0.493 e. The number of methoxy groups -OCH3 is 1. The van der Waals surface area contributed by atoms with Crippen molar-refractivity contribution in [3.63, 3.8) is 0 Å². The average Bonchev–Trinajstić information content (AvgIpc) is 2.77. The van der Waals surface area contributed by atoms with E-state index in [-0.39, 0.29) is 18.2 Å². The van der Waals surface area contributed by atoms with Crippen LogP contribution in [0.5, 0.6) is 11.5 Å². The first-order valence-corrected chi connectivity index (χ1v) is 10.9. The van der Waals surface area contributed by atoms with Crippen LogP contribution in [0.15, 0.2) is 71.2 Å². The van der Waals surface area contributed by atoms with Crippen LogP contribution in [-0.2, 0) is 19.6 Å². The van der Waals surface area contributed by atoms with Crippen molar-refractivity contribution in [1.29, 1.82) is 0 Å². The first-order chi connectivity index (χ1) is 14.5. The highest BCUT2D eigenvalue weighted by Gasteiger charge is 2.13. The maximum absolute atomic E-state index is 13.1. The standard InChI is InChI=1S/C25H27BrFNO2.ClH/c1-18(8-9-19-6-4-3-5-7-19)28-16-21-14-23(26)25(24(15-21)29-2)30-17-20-10-12-22(27)13-11-20;/h3-7,10-15,18,28H,8-9,16-17H2,1-2H3;1H. The molecule has 31 heavy (non-hydrogen) atoms. The Balaban J connectivity index is 0.00000341. The van der Waals surface area contributed by atoms with Gasteiger partial charge in [0.05, 0.1) is 11.6 Å². The molecule has 0 radical (unpaired) electrons. The Morgan fingerprint density at radius 3 is 2.35 bits per heavy atom. The van der Waals surface area contributed by atoms with E-state index in [4.69, 9.17) is 9.47 Å². The molecule has 0 saturated carbocycles. The zero-order valence-corrected chi connectivity index (χ0v) is 20.1. The smallest absolute Gasteiger partial charge is 0.175 e. The molecule has 0 bridgehead atoms. The molecule has 1 atom stereocenters. The van der Waals surface area contributed by atoms with Gasteiger partial charge < -0.3 is 14.8 Å². The molecule has 0 aliphatic rings. The summed E-state index contributed by atoms with van der Waals surface area (Å²) in [6, 6.07) is 21.2. The number of hydrogen-bond acceptors (Lipinski definition) is 3. The van der Waals surface area contributed by atoms with Crippen molar-refractivity contribution in [1.82, 2.24) is 5.32 Å². The summed E-state index contributed by atoms with van der Waals surface area (Å²) in [6.07, 6.45) is 2.12. The largest absolute Gasteiger partial charge is 0.493 e. The van der Waals surface area contributed by atoms with Crippen LogP contribution in [-0.4, -0.2) is 13.2 Å². The molecule has 0 fully saturated rings. The van der Waals surface area contributed by atoms with Crippen molar-refractivity contribution >= 4 is 28.3 Å². The third-order valence-corrected chi connectivity index (χ3v) is 5.54. The predicted molar refractivity (Wildman–Crippen MR) is 130 cm³/mol. The molecular weight excluding hydrogens is 481 g/mol. The molecule has 0 aliphatic carbocycles. The van der Waals surface area contributed by atoms with Crippen LogP contribution < -0.4 is 14.8 Å². The van der Waals surface area contributed by atoms with E-state index >= 15 is 0 Å². The summed E-state index contributed by atoms with van der Waals surface area (Å²) in [5, 5.41) is 3.58. The molecule has 0 aromatic heterocycles. The van der Waals surface area contributed by atoms with Gasteiger partial charge in [0.25, 0.3) is 0 Å². The first kappa shape index (κ1) is 25.2. The van der Waals surface area contributed by atoms with Crippen molar-refractivity contribution in [2.24, 2.45) is 0 Å². The molecule has 3 aromatic carbocycles. The normalized spacial score (nSPS) is 11.5. The molecular formula is C25H28BrClFNO2. The van der Waals surface area contributed by atoms with E-state index in [1.807, 2.05) is 18.2 Å². The van der Waals surface area contributed by atoms with Gasteiger partial charge in [-0.25, -0.2) is 4.39 Å². The summed E-state index contributed by atoms with van der Waals surface area (Å²) in [6.45, 7) is 3.28. The summed E-state index contributed by atoms with van der Waals surface area (Å²) in [5.74, 6) is 1.05. The van der Waals surface area contributed by atoms with Crippen LogP contribution >= 0.6 is 28.3 Å². The molecule has 3 nitrogen and oxygen atoms in total. The molecule has 0 aliphatic heterocycles. The zero-order valence-electron chi connectivity index (χ0n) is 17.7. The predicted octanol–water partition coefficient (Wildman–Crippen LogP) is 6.71. The maximum atomic E-state index is 13.1. The first-order valence-electron chi connectivity index (χ1n) is 10.1. The minimum atomic E-state index is -0.257. The van der Waals surface area contributed by atoms with Crippen molar-refractivity contribution in [2.75, 3.05) is 7.11 Å². The van der Waals surface area contributed by atoms with Crippen LogP contribution in [0.4, 0.5) is 4.39 Å². The third-order valence-electron chi connectivity index (χ3n) is 4.95. The highest BCUT2D eigenvalue weighted by molar-refractivity contribution is 9.10. The minimum absolute atomic E-state index is 0. The fourth-order valence-corrected chi connectivity index (χ4v) is 3.78. The second-order valence-electron chi connectivity index (χ2n) is 7.33. The number of rotatable bonds is 10. The molecule has 3 rings (SSSR count). The van der Waals surface area contributed by atoms with Crippen LogP contribution in [0.3, 0.4) is 0 Å². The van der Waals surface area contributed by atoms with Crippen molar-refractivity contribution < 1.29 is 13.9 Å². The molecule has 1 unspecified atom stereocenters. The number of hydrogen-bond donors (Lipinski definition) is 1. The van der Waals surface area contributed by atoms with Gasteiger partial charge in [-0.3, -0.25) is 0 Å². The Morgan fingerprint density at radius 1 is 0.968 bits per heavy atom. The second-order valence-corrected chi connectivity index (χ2v) is 8.18. The summed E-state index contributed by atoms with van der Waals surface area (Å²) in [7, 11) is 1.63. The van der Waals surface area contributed by atoms with Crippen molar-refractivity contribution in [3.05, 3.63) is 93.7 Å². The van der Waals surface area contributed by atoms with Gasteiger partial charge in [0.15, 0.2) is 11.5 Å². The fourth-order valence-electron chi connectivity index (χ4n) is 3.17. The third kappa shape index (κ3) is 7.84. The van der Waals surface area contributed by atoms with Gasteiger partial charge in [-0.15, -0.1) is 12.4 Å². The Hall–Kier alpha value is -2.08. The molecule has 0 saturated heterocycles. The van der Waals surface area contributed by atoms with Gasteiger partial charge in [-0.2, -0.15) is 0 Å². The lowest BCUT2D eigenvalue weighted by Crippen LogP contribution is -2.26. The lowest BCUT2D eigenvalue weighted by atomic mass is 10.1. The van der Waals surface area contributed by atoms with Gasteiger partial charge in [0.2, 0.25) is 0 Å². The highest BCUT2D eigenvalue weighted by atomic mass is 79.9. The molecule has 0 amide bonds. The molecule has 0 heterocycles. The van der Waals surface area contributed by atoms with Gasteiger partial charge >= 0.3 is 0 Å². The number of benzene rings is 3. The number of nitrogens with one attached hydrogen (secondary N) is 1. The summed E-state index contributed by atoms with van der Waals surface area (Å²) in [4.78, 5) is 0. The maximum Gasteiger partial charge on any atom is 0.175 e. The van der Waals surface area contributed by atoms with E-state index in [1.165, 1.54) is 17.7 Å². The van der Waals surface area contributed by atoms with Crippen LogP contribution in [0.25, 0.3) is 0 Å². The van der Waals surface area contributed by atoms with Crippen molar-refractivity contribution in [3.8, 4) is 11.5 Å². The molecule has 1 N–H and O–H groups in total. The number of aryl methyl sites for hydroxylation is 1. The lowest BCUT2D eigenvalue weighted by Gasteiger charge is -2.17. The molecule has 0 spiro atoms. The van der Waals surface area contributed by atoms with Gasteiger partial charge in [-0.05, 0) is 76.7 Å². The van der Waals surface area contributed by atoms with E-state index in [0.29, 0.717) is 24.1 Å². The topological polar surface area (TPSA) is 30.5 Å². The van der Waals surface area contributed by atoms with Crippen LogP contribution in [0.1, 0.15) is 30.0 Å². The fraction of sp³-hybridized carbons (Fsp3) is 0.280. The lowest BCUT2D eigenvalue weighted by molar-refractivity contribution is 0.282. The summed E-state index contributed by atoms with van der Waals surface area (Å²) >= 11 is 3.60. The van der Waals surface area contributed by atoms with Crippen LogP contribution in [0, 0.1) is 5.82 Å². The number of halogens is 3. The Bertz CT molecular complexity index is 938. The quantitative estimate of drug-likeness (QED) is 0.330. The van der Waals surface area contributed by atoms with E-state index < -0.39 is 0 Å². The van der Waals surface area contributed by atoms with E-state index in [2.05, 4.69) is 52.4 Å². The van der Waals surface area contributed by atoms with Gasteiger partial charge in [0, 0.05) is 12.6 Å².